The van der Waals surface area contributed by atoms with Crippen molar-refractivity contribution in [2.24, 2.45) is 0 Å². The summed E-state index contributed by atoms with van der Waals surface area (Å²) in [7, 11) is 3.34. The molecule has 5 nitrogen and oxygen atoms in total. The van der Waals surface area contributed by atoms with Gasteiger partial charge in [-0.25, -0.2) is 4.98 Å². The molecule has 2 rings (SSSR count). The van der Waals surface area contributed by atoms with Crippen molar-refractivity contribution in [3.8, 4) is 5.88 Å². The Morgan fingerprint density at radius 1 is 1.40 bits per heavy atom. The molecular formula is C15H24N2O3. The number of hydrogen-bond donors (Lipinski definition) is 0. The Morgan fingerprint density at radius 2 is 2.20 bits per heavy atom. The number of rotatable bonds is 5. The van der Waals surface area contributed by atoms with E-state index in [2.05, 4.69) is 23.7 Å². The van der Waals surface area contributed by atoms with Crippen molar-refractivity contribution >= 4 is 0 Å². The second kappa shape index (κ2) is 6.52. The number of morpholine rings is 1. The molecule has 0 N–H and O–H groups in total. The van der Waals surface area contributed by atoms with Gasteiger partial charge in [0.1, 0.15) is 0 Å². The Morgan fingerprint density at radius 3 is 2.90 bits per heavy atom. The first-order chi connectivity index (χ1) is 9.52. The zero-order valence-corrected chi connectivity index (χ0v) is 12.8. The van der Waals surface area contributed by atoms with Crippen LogP contribution < -0.4 is 4.74 Å². The largest absolute Gasteiger partial charge is 0.481 e. The van der Waals surface area contributed by atoms with Crippen molar-refractivity contribution in [1.82, 2.24) is 9.88 Å². The van der Waals surface area contributed by atoms with Gasteiger partial charge in [-0.1, -0.05) is 6.07 Å². The molecule has 0 unspecified atom stereocenters. The van der Waals surface area contributed by atoms with Crippen molar-refractivity contribution in [2.75, 3.05) is 33.9 Å². The average Bonchev–Trinajstić information content (AvgIpc) is 2.37. The van der Waals surface area contributed by atoms with E-state index >= 15 is 0 Å². The van der Waals surface area contributed by atoms with Crippen LogP contribution in [-0.4, -0.2) is 55.5 Å². The average molecular weight is 280 g/mol. The molecule has 5 heteroatoms. The van der Waals surface area contributed by atoms with E-state index in [1.807, 2.05) is 18.2 Å². The predicted molar refractivity (Wildman–Crippen MR) is 76.9 cm³/mol. The number of hydrogen-bond acceptors (Lipinski definition) is 5. The van der Waals surface area contributed by atoms with Gasteiger partial charge in [-0.05, 0) is 19.9 Å². The second-order valence-electron chi connectivity index (χ2n) is 5.80. The molecule has 0 bridgehead atoms. The smallest absolute Gasteiger partial charge is 0.213 e. The van der Waals surface area contributed by atoms with Crippen molar-refractivity contribution in [1.29, 1.82) is 0 Å². The highest BCUT2D eigenvalue weighted by atomic mass is 16.5. The van der Waals surface area contributed by atoms with Crippen LogP contribution in [0.3, 0.4) is 0 Å². The highest BCUT2D eigenvalue weighted by Gasteiger charge is 2.33. The van der Waals surface area contributed by atoms with Crippen LogP contribution in [0, 0.1) is 0 Å². The lowest BCUT2D eigenvalue weighted by Crippen LogP contribution is -2.53. The lowest BCUT2D eigenvalue weighted by atomic mass is 10.1. The van der Waals surface area contributed by atoms with Gasteiger partial charge in [-0.15, -0.1) is 0 Å². The maximum absolute atomic E-state index is 6.02. The first kappa shape index (κ1) is 15.2. The predicted octanol–water partition coefficient (Wildman–Crippen LogP) is 1.72. The first-order valence-electron chi connectivity index (χ1n) is 6.91. The van der Waals surface area contributed by atoms with Crippen molar-refractivity contribution in [3.05, 3.63) is 23.9 Å². The van der Waals surface area contributed by atoms with Crippen LogP contribution in [0.2, 0.25) is 0 Å². The molecule has 1 atom stereocenters. The van der Waals surface area contributed by atoms with E-state index in [-0.39, 0.29) is 11.7 Å². The van der Waals surface area contributed by atoms with Crippen LogP contribution >= 0.6 is 0 Å². The summed E-state index contributed by atoms with van der Waals surface area (Å²) in [6.07, 6.45) is 0.106. The third-order valence-electron chi connectivity index (χ3n) is 3.28. The summed E-state index contributed by atoms with van der Waals surface area (Å²) >= 11 is 0. The van der Waals surface area contributed by atoms with Crippen LogP contribution in [0.1, 0.15) is 19.5 Å². The summed E-state index contributed by atoms with van der Waals surface area (Å²) in [6, 6.07) is 5.86. The van der Waals surface area contributed by atoms with E-state index < -0.39 is 0 Å². The fourth-order valence-corrected chi connectivity index (χ4v) is 2.70. The molecule has 0 aromatic carbocycles. The molecule has 1 aromatic heterocycles. The van der Waals surface area contributed by atoms with Gasteiger partial charge in [0.2, 0.25) is 5.88 Å². The van der Waals surface area contributed by atoms with Crippen LogP contribution in [0.25, 0.3) is 0 Å². The molecule has 1 fully saturated rings. The number of aromatic nitrogens is 1. The Labute approximate surface area is 120 Å². The zero-order chi connectivity index (χ0) is 14.6. The van der Waals surface area contributed by atoms with Crippen LogP contribution in [0.5, 0.6) is 5.88 Å². The summed E-state index contributed by atoms with van der Waals surface area (Å²) in [5.74, 6) is 0.656. The fraction of sp³-hybridized carbons (Fsp3) is 0.667. The molecule has 0 aliphatic carbocycles. The summed E-state index contributed by atoms with van der Waals surface area (Å²) < 4.78 is 16.4. The number of pyridine rings is 1. The van der Waals surface area contributed by atoms with Crippen molar-refractivity contribution < 1.29 is 14.2 Å². The molecule has 0 amide bonds. The lowest BCUT2D eigenvalue weighted by Gasteiger charge is -2.42. The maximum Gasteiger partial charge on any atom is 0.213 e. The zero-order valence-electron chi connectivity index (χ0n) is 12.8. The van der Waals surface area contributed by atoms with E-state index in [9.17, 15) is 0 Å². The topological polar surface area (TPSA) is 43.8 Å². The van der Waals surface area contributed by atoms with Gasteiger partial charge in [0.05, 0.1) is 31.1 Å². The second-order valence-corrected chi connectivity index (χ2v) is 5.80. The summed E-state index contributed by atoms with van der Waals surface area (Å²) in [5.41, 5.74) is 0.846. The lowest BCUT2D eigenvalue weighted by molar-refractivity contribution is -0.154. The minimum atomic E-state index is -0.166. The van der Waals surface area contributed by atoms with Crippen LogP contribution in [0.4, 0.5) is 0 Å². The third kappa shape index (κ3) is 4.16. The van der Waals surface area contributed by atoms with Crippen LogP contribution in [0.15, 0.2) is 18.2 Å². The monoisotopic (exact) mass is 280 g/mol. The van der Waals surface area contributed by atoms with Gasteiger partial charge < -0.3 is 14.2 Å². The van der Waals surface area contributed by atoms with Gasteiger partial charge in [0, 0.05) is 32.8 Å². The normalized spacial score (nSPS) is 22.7. The van der Waals surface area contributed by atoms with Crippen molar-refractivity contribution in [2.45, 2.75) is 32.1 Å². The quantitative estimate of drug-likeness (QED) is 0.821. The van der Waals surface area contributed by atoms with E-state index in [1.165, 1.54) is 0 Å². The molecular weight excluding hydrogens is 256 g/mol. The van der Waals surface area contributed by atoms with Gasteiger partial charge >= 0.3 is 0 Å². The molecule has 0 radical (unpaired) electrons. The van der Waals surface area contributed by atoms with Gasteiger partial charge in [0.25, 0.3) is 0 Å². The molecule has 0 saturated carbocycles. The fourth-order valence-electron chi connectivity index (χ4n) is 2.70. The summed E-state index contributed by atoms with van der Waals surface area (Å²) in [6.45, 7) is 7.37. The Hall–Kier alpha value is -1.17. The molecule has 1 aliphatic heterocycles. The first-order valence-corrected chi connectivity index (χ1v) is 6.91. The molecule has 1 saturated heterocycles. The van der Waals surface area contributed by atoms with Gasteiger partial charge in [0.15, 0.2) is 0 Å². The molecule has 1 aromatic rings. The number of methoxy groups -OCH3 is 2. The van der Waals surface area contributed by atoms with E-state index in [4.69, 9.17) is 14.2 Å². The minimum Gasteiger partial charge on any atom is -0.481 e. The molecule has 0 spiro atoms. The van der Waals surface area contributed by atoms with Crippen LogP contribution in [-0.2, 0) is 16.0 Å². The third-order valence-corrected chi connectivity index (χ3v) is 3.28. The highest BCUT2D eigenvalue weighted by molar-refractivity contribution is 5.15. The van der Waals surface area contributed by atoms with Gasteiger partial charge in [-0.2, -0.15) is 0 Å². The Balaban J connectivity index is 2.03. The number of ether oxygens (including phenoxy) is 3. The van der Waals surface area contributed by atoms with Gasteiger partial charge in [-0.3, -0.25) is 4.90 Å². The Kier molecular flexibility index (Phi) is 4.96. The number of nitrogens with zero attached hydrogens (tertiary/aromatic N) is 2. The molecule has 20 heavy (non-hydrogen) atoms. The molecule has 1 aliphatic rings. The van der Waals surface area contributed by atoms with Crippen molar-refractivity contribution in [3.63, 3.8) is 0 Å². The standard InChI is InChI=1S/C15H24N2O3/c1-15(2)11-17(9-13(20-15)10-18-3)8-12-6-5-7-14(16-12)19-4/h5-7,13H,8-11H2,1-4H3/t13-/m1/s1. The molecule has 2 heterocycles. The summed E-state index contributed by atoms with van der Waals surface area (Å²) in [4.78, 5) is 6.82. The van der Waals surface area contributed by atoms with E-state index in [0.29, 0.717) is 12.5 Å². The summed E-state index contributed by atoms with van der Waals surface area (Å²) in [5, 5.41) is 0. The van der Waals surface area contributed by atoms with E-state index in [0.717, 1.165) is 25.3 Å². The minimum absolute atomic E-state index is 0.106. The molecule has 112 valence electrons. The Bertz CT molecular complexity index is 437. The van der Waals surface area contributed by atoms with E-state index in [1.54, 1.807) is 14.2 Å². The highest BCUT2D eigenvalue weighted by Crippen LogP contribution is 2.22. The SMILES string of the molecule is COC[C@H]1CN(Cc2cccc(OC)n2)CC(C)(C)O1. The maximum atomic E-state index is 6.02.